The van der Waals surface area contributed by atoms with Crippen LogP contribution < -0.4 is 5.32 Å². The minimum Gasteiger partial charge on any atom is -0.467 e. The summed E-state index contributed by atoms with van der Waals surface area (Å²) in [6.45, 7) is 0. The number of carbonyl (C=O) groups excluding carboxylic acids is 1. The largest absolute Gasteiger partial charge is 0.467 e. The number of nitrogens with zero attached hydrogens (tertiary/aromatic N) is 4. The molecule has 1 unspecified atom stereocenters. The standard InChI is InChI=1S/C21H16FN5O3S2/c22-13-5-7-14(8-6-13)23-20-24-25-21(32-20)31-12-19(28)27-16(18-4-2-10-30-18)11-15(26-27)17-3-1-9-29-17/h1-10,16H,11-12H2,(H,23,24). The van der Waals surface area contributed by atoms with E-state index < -0.39 is 0 Å². The highest BCUT2D eigenvalue weighted by atomic mass is 32.2. The number of carbonyl (C=O) groups is 1. The molecule has 8 nitrogen and oxygen atoms in total. The number of hydrazone groups is 1. The zero-order valence-electron chi connectivity index (χ0n) is 16.5. The lowest BCUT2D eigenvalue weighted by Crippen LogP contribution is -2.28. The van der Waals surface area contributed by atoms with Gasteiger partial charge in [0.25, 0.3) is 5.91 Å². The maximum Gasteiger partial charge on any atom is 0.253 e. The highest BCUT2D eigenvalue weighted by Gasteiger charge is 2.35. The first-order valence-corrected chi connectivity index (χ1v) is 11.4. The predicted molar refractivity (Wildman–Crippen MR) is 118 cm³/mol. The Labute approximate surface area is 190 Å². The van der Waals surface area contributed by atoms with Gasteiger partial charge >= 0.3 is 0 Å². The molecule has 0 fully saturated rings. The van der Waals surface area contributed by atoms with E-state index in [1.54, 1.807) is 36.8 Å². The quantitative estimate of drug-likeness (QED) is 0.377. The van der Waals surface area contributed by atoms with Gasteiger partial charge < -0.3 is 14.2 Å². The van der Waals surface area contributed by atoms with Crippen LogP contribution >= 0.6 is 23.1 Å². The molecule has 0 aliphatic carbocycles. The number of aromatic nitrogens is 2. The van der Waals surface area contributed by atoms with E-state index >= 15 is 0 Å². The van der Waals surface area contributed by atoms with Gasteiger partial charge in [-0.05, 0) is 48.5 Å². The smallest absolute Gasteiger partial charge is 0.253 e. The van der Waals surface area contributed by atoms with Crippen molar-refractivity contribution in [2.75, 3.05) is 11.1 Å². The Kier molecular flexibility index (Phi) is 5.73. The van der Waals surface area contributed by atoms with Crippen LogP contribution in [0.2, 0.25) is 0 Å². The predicted octanol–water partition coefficient (Wildman–Crippen LogP) is 5.08. The summed E-state index contributed by atoms with van der Waals surface area (Å²) in [7, 11) is 0. The summed E-state index contributed by atoms with van der Waals surface area (Å²) < 4.78 is 24.7. The third kappa shape index (κ3) is 4.43. The third-order valence-corrected chi connectivity index (χ3v) is 6.62. The Balaban J connectivity index is 1.25. The van der Waals surface area contributed by atoms with Crippen molar-refractivity contribution in [3.05, 3.63) is 78.4 Å². The van der Waals surface area contributed by atoms with E-state index in [-0.39, 0.29) is 23.5 Å². The van der Waals surface area contributed by atoms with Gasteiger partial charge in [0.2, 0.25) is 5.13 Å². The molecule has 1 aromatic carbocycles. The van der Waals surface area contributed by atoms with Crippen LogP contribution in [-0.4, -0.2) is 32.6 Å². The summed E-state index contributed by atoms with van der Waals surface area (Å²) in [5.41, 5.74) is 1.39. The van der Waals surface area contributed by atoms with Crippen molar-refractivity contribution in [1.82, 2.24) is 15.2 Å². The lowest BCUT2D eigenvalue weighted by atomic mass is 10.1. The Morgan fingerprint density at radius 1 is 1.16 bits per heavy atom. The minimum atomic E-state index is -0.330. The van der Waals surface area contributed by atoms with Gasteiger partial charge in [-0.1, -0.05) is 23.1 Å². The first-order chi connectivity index (χ1) is 15.7. The zero-order chi connectivity index (χ0) is 21.9. The third-order valence-electron chi connectivity index (χ3n) is 4.66. The van der Waals surface area contributed by atoms with Crippen LogP contribution in [0.4, 0.5) is 15.2 Å². The minimum absolute atomic E-state index is 0.136. The molecule has 0 bridgehead atoms. The number of thioether (sulfide) groups is 1. The molecule has 1 amide bonds. The van der Waals surface area contributed by atoms with Crippen LogP contribution in [0.5, 0.6) is 0 Å². The van der Waals surface area contributed by atoms with Gasteiger partial charge in [-0.15, -0.1) is 10.2 Å². The van der Waals surface area contributed by atoms with Crippen LogP contribution in [-0.2, 0) is 4.79 Å². The van der Waals surface area contributed by atoms with E-state index in [9.17, 15) is 9.18 Å². The highest BCUT2D eigenvalue weighted by molar-refractivity contribution is 8.01. The van der Waals surface area contributed by atoms with E-state index in [1.807, 2.05) is 12.1 Å². The molecule has 3 aromatic heterocycles. The van der Waals surface area contributed by atoms with Crippen molar-refractivity contribution in [1.29, 1.82) is 0 Å². The molecule has 4 aromatic rings. The van der Waals surface area contributed by atoms with Crippen LogP contribution in [0.25, 0.3) is 0 Å². The second-order valence-electron chi connectivity index (χ2n) is 6.79. The molecule has 0 spiro atoms. The average Bonchev–Trinajstić information content (AvgIpc) is 3.60. The molecule has 11 heteroatoms. The molecule has 5 rings (SSSR count). The SMILES string of the molecule is O=C(CSc1nnc(Nc2ccc(F)cc2)s1)N1N=C(c2ccco2)CC1c1ccco1. The van der Waals surface area contributed by atoms with Gasteiger partial charge in [-0.3, -0.25) is 4.79 Å². The van der Waals surface area contributed by atoms with Gasteiger partial charge in [0.15, 0.2) is 4.34 Å². The number of hydrogen-bond donors (Lipinski definition) is 1. The normalized spacial score (nSPS) is 15.7. The lowest BCUT2D eigenvalue weighted by Gasteiger charge is -2.19. The Hall–Kier alpha value is -3.44. The number of anilines is 2. The first-order valence-electron chi connectivity index (χ1n) is 9.61. The van der Waals surface area contributed by atoms with Crippen molar-refractivity contribution in [3.63, 3.8) is 0 Å². The van der Waals surface area contributed by atoms with Gasteiger partial charge in [0, 0.05) is 12.1 Å². The summed E-state index contributed by atoms with van der Waals surface area (Å²) in [6.07, 6.45) is 3.66. The molecule has 1 aliphatic rings. The summed E-state index contributed by atoms with van der Waals surface area (Å²) in [6, 6.07) is 12.8. The average molecular weight is 470 g/mol. The van der Waals surface area contributed by atoms with Gasteiger partial charge in [0.1, 0.15) is 29.1 Å². The van der Waals surface area contributed by atoms with Gasteiger partial charge in [0.05, 0.1) is 18.3 Å². The summed E-state index contributed by atoms with van der Waals surface area (Å²) >= 11 is 2.59. The fourth-order valence-electron chi connectivity index (χ4n) is 3.20. The molecule has 0 radical (unpaired) electrons. The number of nitrogens with one attached hydrogen (secondary N) is 1. The molecule has 1 N–H and O–H groups in total. The number of rotatable bonds is 7. The molecule has 0 saturated carbocycles. The lowest BCUT2D eigenvalue weighted by molar-refractivity contribution is -0.130. The van der Waals surface area contributed by atoms with E-state index in [0.29, 0.717) is 38.8 Å². The van der Waals surface area contributed by atoms with Crippen LogP contribution in [0, 0.1) is 5.82 Å². The second-order valence-corrected chi connectivity index (χ2v) is 8.99. The Morgan fingerprint density at radius 3 is 2.72 bits per heavy atom. The first kappa shape index (κ1) is 20.5. The fourth-order valence-corrected chi connectivity index (χ4v) is 4.82. The highest BCUT2D eigenvalue weighted by Crippen LogP contribution is 2.35. The van der Waals surface area contributed by atoms with Gasteiger partial charge in [-0.2, -0.15) is 5.10 Å². The van der Waals surface area contributed by atoms with E-state index in [4.69, 9.17) is 8.83 Å². The zero-order valence-corrected chi connectivity index (χ0v) is 18.1. The summed E-state index contributed by atoms with van der Waals surface area (Å²) in [5.74, 6) is 0.939. The number of furan rings is 2. The number of halogens is 1. The molecule has 1 aliphatic heterocycles. The van der Waals surface area contributed by atoms with Crippen LogP contribution in [0.1, 0.15) is 24.0 Å². The molecule has 32 heavy (non-hydrogen) atoms. The Morgan fingerprint density at radius 2 is 1.97 bits per heavy atom. The molecule has 162 valence electrons. The van der Waals surface area contributed by atoms with Crippen molar-refractivity contribution >= 4 is 45.5 Å². The topological polar surface area (TPSA) is 96.8 Å². The van der Waals surface area contributed by atoms with E-state index in [1.165, 1.54) is 40.2 Å². The second kappa shape index (κ2) is 8.97. The van der Waals surface area contributed by atoms with Gasteiger partial charge in [-0.25, -0.2) is 9.40 Å². The number of amides is 1. The van der Waals surface area contributed by atoms with Crippen LogP contribution in [0.15, 0.2) is 79.3 Å². The van der Waals surface area contributed by atoms with Crippen molar-refractivity contribution in [2.45, 2.75) is 16.8 Å². The maximum atomic E-state index is 13.0. The number of benzene rings is 1. The monoisotopic (exact) mass is 469 g/mol. The summed E-state index contributed by atoms with van der Waals surface area (Å²) in [4.78, 5) is 13.0. The molecule has 0 saturated heterocycles. The van der Waals surface area contributed by atoms with E-state index in [2.05, 4.69) is 20.6 Å². The van der Waals surface area contributed by atoms with Crippen molar-refractivity contribution < 1.29 is 18.0 Å². The molecular weight excluding hydrogens is 453 g/mol. The van der Waals surface area contributed by atoms with Crippen molar-refractivity contribution in [3.8, 4) is 0 Å². The maximum absolute atomic E-state index is 13.0. The van der Waals surface area contributed by atoms with E-state index in [0.717, 1.165) is 0 Å². The Bertz CT molecular complexity index is 1220. The molecule has 1 atom stereocenters. The van der Waals surface area contributed by atoms with Crippen LogP contribution in [0.3, 0.4) is 0 Å². The molecular formula is C21H16FN5O3S2. The van der Waals surface area contributed by atoms with Crippen molar-refractivity contribution in [2.24, 2.45) is 5.10 Å². The molecule has 4 heterocycles. The number of hydrogen-bond acceptors (Lipinski definition) is 9. The summed E-state index contributed by atoms with van der Waals surface area (Å²) in [5, 5.41) is 17.8. The fraction of sp³-hybridized carbons (Fsp3) is 0.143.